The van der Waals surface area contributed by atoms with Gasteiger partial charge in [-0.3, -0.25) is 14.7 Å². The first kappa shape index (κ1) is 30.9. The van der Waals surface area contributed by atoms with Gasteiger partial charge < -0.3 is 29.2 Å². The molecule has 0 saturated carbocycles. The Balaban J connectivity index is 1.51. The standard InChI is InChI=1S/C30H38ClN7O5/c1-5-37-25-16-24(26(41-3)15-21(25)18-35(11-13-40-2)19-27(37)39)33-30-32-17-23(31)29(34-30)38(22-9-7-6-8-10-22)36-12-14-43-28(20-36)42-4/h6-10,15-17,28H,5,11-14,18-20H2,1-4H3,(H,32,33,34). The van der Waals surface area contributed by atoms with Crippen molar-refractivity contribution < 1.29 is 23.7 Å². The van der Waals surface area contributed by atoms with Crippen LogP contribution in [0.3, 0.4) is 0 Å². The highest BCUT2D eigenvalue weighted by Crippen LogP contribution is 2.38. The Kier molecular flexibility index (Phi) is 10.3. The van der Waals surface area contributed by atoms with E-state index in [9.17, 15) is 4.79 Å². The molecule has 0 aliphatic carbocycles. The second kappa shape index (κ2) is 14.3. The van der Waals surface area contributed by atoms with E-state index in [1.54, 1.807) is 32.4 Å². The summed E-state index contributed by atoms with van der Waals surface area (Å²) in [5, 5.41) is 7.75. The molecular weight excluding hydrogens is 574 g/mol. The maximum atomic E-state index is 13.2. The number of aromatic nitrogens is 2. The van der Waals surface area contributed by atoms with Gasteiger partial charge >= 0.3 is 0 Å². The fourth-order valence-electron chi connectivity index (χ4n) is 5.29. The van der Waals surface area contributed by atoms with Gasteiger partial charge in [0.15, 0.2) is 12.1 Å². The number of hydrazine groups is 1. The number of benzene rings is 2. The van der Waals surface area contributed by atoms with E-state index in [2.05, 4.69) is 20.2 Å². The zero-order valence-corrected chi connectivity index (χ0v) is 25.7. The van der Waals surface area contributed by atoms with Crippen molar-refractivity contribution in [2.75, 3.05) is 82.5 Å². The summed E-state index contributed by atoms with van der Waals surface area (Å²) in [5.41, 5.74) is 3.31. The number of hydrogen-bond donors (Lipinski definition) is 1. The van der Waals surface area contributed by atoms with E-state index >= 15 is 0 Å². The number of morpholine rings is 1. The fraction of sp³-hybridized carbons (Fsp3) is 0.433. The Labute approximate surface area is 257 Å². The lowest BCUT2D eigenvalue weighted by Gasteiger charge is -2.40. The van der Waals surface area contributed by atoms with E-state index in [1.807, 2.05) is 54.4 Å². The number of para-hydroxylation sites is 1. The Morgan fingerprint density at radius 2 is 1.98 bits per heavy atom. The average Bonchev–Trinajstić information content (AvgIpc) is 3.16. The van der Waals surface area contributed by atoms with Crippen LogP contribution in [0.4, 0.5) is 28.8 Å². The summed E-state index contributed by atoms with van der Waals surface area (Å²) < 4.78 is 22.3. The highest BCUT2D eigenvalue weighted by Gasteiger charge is 2.30. The quantitative estimate of drug-likeness (QED) is 0.339. The highest BCUT2D eigenvalue weighted by atomic mass is 35.5. The maximum absolute atomic E-state index is 13.2. The molecule has 1 N–H and O–H groups in total. The van der Waals surface area contributed by atoms with Crippen molar-refractivity contribution in [2.24, 2.45) is 0 Å². The molecule has 0 radical (unpaired) electrons. The summed E-state index contributed by atoms with van der Waals surface area (Å²) in [6.07, 6.45) is 1.18. The van der Waals surface area contributed by atoms with E-state index in [0.29, 0.717) is 80.7 Å². The Morgan fingerprint density at radius 1 is 1.16 bits per heavy atom. The SMILES string of the molecule is CCN1C(=O)CN(CCOC)Cc2cc(OC)c(Nc3ncc(Cl)c(N(c4ccccc4)N4CCOC(OC)C4)n3)cc21. The fourth-order valence-corrected chi connectivity index (χ4v) is 5.46. The number of likely N-dealkylation sites (N-methyl/N-ethyl adjacent to an activating group) is 1. The lowest BCUT2D eigenvalue weighted by atomic mass is 10.1. The molecule has 5 rings (SSSR count). The third-order valence-corrected chi connectivity index (χ3v) is 7.67. The largest absolute Gasteiger partial charge is 0.495 e. The summed E-state index contributed by atoms with van der Waals surface area (Å²) >= 11 is 6.74. The van der Waals surface area contributed by atoms with Crippen molar-refractivity contribution in [2.45, 2.75) is 19.8 Å². The lowest BCUT2D eigenvalue weighted by Crippen LogP contribution is -2.51. The van der Waals surface area contributed by atoms with Gasteiger partial charge in [0.1, 0.15) is 10.8 Å². The normalized spacial score (nSPS) is 17.8. The molecule has 2 aromatic carbocycles. The number of hydrogen-bond acceptors (Lipinski definition) is 11. The molecule has 1 aromatic heterocycles. The number of amides is 1. The Hall–Kier alpha value is -3.52. The van der Waals surface area contributed by atoms with Gasteiger partial charge in [0, 0.05) is 40.4 Å². The first-order valence-corrected chi connectivity index (χ1v) is 14.6. The second-order valence-corrected chi connectivity index (χ2v) is 10.5. The number of anilines is 5. The monoisotopic (exact) mass is 611 g/mol. The first-order valence-electron chi connectivity index (χ1n) is 14.2. The summed E-state index contributed by atoms with van der Waals surface area (Å²) in [7, 11) is 4.90. The van der Waals surface area contributed by atoms with E-state index in [0.717, 1.165) is 16.9 Å². The second-order valence-electron chi connectivity index (χ2n) is 10.1. The molecule has 1 saturated heterocycles. The summed E-state index contributed by atoms with van der Waals surface area (Å²) in [4.78, 5) is 26.4. The number of halogens is 1. The number of methoxy groups -OCH3 is 3. The van der Waals surface area contributed by atoms with Gasteiger partial charge in [-0.05, 0) is 36.8 Å². The Bertz CT molecular complexity index is 1400. The van der Waals surface area contributed by atoms with Gasteiger partial charge in [-0.15, -0.1) is 0 Å². The number of carbonyl (C=O) groups excluding carboxylic acids is 1. The van der Waals surface area contributed by atoms with E-state index in [1.165, 1.54) is 0 Å². The minimum absolute atomic E-state index is 0.0249. The highest BCUT2D eigenvalue weighted by molar-refractivity contribution is 6.33. The van der Waals surface area contributed by atoms with Crippen LogP contribution in [0.25, 0.3) is 0 Å². The zero-order valence-electron chi connectivity index (χ0n) is 25.0. The van der Waals surface area contributed by atoms with Crippen LogP contribution in [0.5, 0.6) is 5.75 Å². The third-order valence-electron chi connectivity index (χ3n) is 7.41. The van der Waals surface area contributed by atoms with Gasteiger partial charge in [-0.25, -0.2) is 9.99 Å². The van der Waals surface area contributed by atoms with Crippen LogP contribution in [0.1, 0.15) is 12.5 Å². The van der Waals surface area contributed by atoms with Crippen LogP contribution in [0.2, 0.25) is 5.02 Å². The molecule has 13 heteroatoms. The number of nitrogens with zero attached hydrogens (tertiary/aromatic N) is 6. The van der Waals surface area contributed by atoms with Crippen LogP contribution < -0.4 is 20.0 Å². The molecule has 3 aromatic rings. The predicted molar refractivity (Wildman–Crippen MR) is 165 cm³/mol. The molecule has 1 fully saturated rings. The van der Waals surface area contributed by atoms with Gasteiger partial charge in [-0.1, -0.05) is 29.8 Å². The van der Waals surface area contributed by atoms with E-state index in [4.69, 9.17) is 35.5 Å². The van der Waals surface area contributed by atoms with Gasteiger partial charge in [0.2, 0.25) is 11.9 Å². The van der Waals surface area contributed by atoms with Crippen molar-refractivity contribution in [3.8, 4) is 5.75 Å². The molecule has 230 valence electrons. The number of nitrogens with one attached hydrogen (secondary N) is 1. The molecule has 0 bridgehead atoms. The van der Waals surface area contributed by atoms with Crippen LogP contribution >= 0.6 is 11.6 Å². The van der Waals surface area contributed by atoms with Crippen molar-refractivity contribution in [1.82, 2.24) is 19.9 Å². The van der Waals surface area contributed by atoms with Crippen LogP contribution in [0.15, 0.2) is 48.7 Å². The molecule has 43 heavy (non-hydrogen) atoms. The van der Waals surface area contributed by atoms with E-state index in [-0.39, 0.29) is 5.91 Å². The molecule has 1 atom stereocenters. The van der Waals surface area contributed by atoms with Crippen LogP contribution in [-0.4, -0.2) is 99.3 Å². The molecule has 1 unspecified atom stereocenters. The Morgan fingerprint density at radius 3 is 2.70 bits per heavy atom. The van der Waals surface area contributed by atoms with Gasteiger partial charge in [0.25, 0.3) is 0 Å². The smallest absolute Gasteiger partial charge is 0.241 e. The molecule has 12 nitrogen and oxygen atoms in total. The van der Waals surface area contributed by atoms with Crippen LogP contribution in [-0.2, 0) is 25.5 Å². The molecular formula is C30H38ClN7O5. The summed E-state index contributed by atoms with van der Waals surface area (Å²) in [5.74, 6) is 1.44. The van der Waals surface area contributed by atoms with Gasteiger partial charge in [0.05, 0.1) is 56.7 Å². The van der Waals surface area contributed by atoms with Crippen LogP contribution in [0, 0.1) is 0 Å². The number of rotatable bonds is 11. The molecule has 2 aliphatic rings. The van der Waals surface area contributed by atoms with Crippen molar-refractivity contribution in [3.05, 3.63) is 59.2 Å². The number of fused-ring (bicyclic) bond motifs is 1. The first-order chi connectivity index (χ1) is 20.9. The van der Waals surface area contributed by atoms with E-state index < -0.39 is 6.29 Å². The topological polar surface area (TPSA) is 105 Å². The zero-order chi connectivity index (χ0) is 30.3. The molecule has 3 heterocycles. The predicted octanol–water partition coefficient (Wildman–Crippen LogP) is 4.05. The van der Waals surface area contributed by atoms with Gasteiger partial charge in [-0.2, -0.15) is 4.98 Å². The summed E-state index contributed by atoms with van der Waals surface area (Å²) in [6, 6.07) is 13.7. The van der Waals surface area contributed by atoms with Crippen molar-refractivity contribution in [3.63, 3.8) is 0 Å². The third kappa shape index (κ3) is 7.01. The van der Waals surface area contributed by atoms with Crippen molar-refractivity contribution in [1.29, 1.82) is 0 Å². The summed E-state index contributed by atoms with van der Waals surface area (Å²) in [6.45, 7) is 6.16. The van der Waals surface area contributed by atoms with Crippen molar-refractivity contribution >= 4 is 46.3 Å². The number of ether oxygens (including phenoxy) is 4. The maximum Gasteiger partial charge on any atom is 0.241 e. The average molecular weight is 612 g/mol. The molecule has 0 spiro atoms. The minimum atomic E-state index is -0.392. The number of carbonyl (C=O) groups is 1. The molecule has 2 aliphatic heterocycles. The molecule has 1 amide bonds. The lowest BCUT2D eigenvalue weighted by molar-refractivity contribution is -0.164. The minimum Gasteiger partial charge on any atom is -0.495 e.